The third kappa shape index (κ3) is 4.64. The highest BCUT2D eigenvalue weighted by atomic mass is 19.4. The summed E-state index contributed by atoms with van der Waals surface area (Å²) >= 11 is 0. The summed E-state index contributed by atoms with van der Waals surface area (Å²) in [5.41, 5.74) is 6.78. The maximum absolute atomic E-state index is 11.7. The third-order valence-corrected chi connectivity index (χ3v) is 1.72. The van der Waals surface area contributed by atoms with Crippen molar-refractivity contribution < 1.29 is 17.9 Å². The lowest BCUT2D eigenvalue weighted by Gasteiger charge is -2.08. The second-order valence-electron chi connectivity index (χ2n) is 2.99. The Balaban J connectivity index is 2.30. The van der Waals surface area contributed by atoms with E-state index in [1.165, 1.54) is 12.4 Å². The molecule has 0 fully saturated rings. The van der Waals surface area contributed by atoms with E-state index in [-0.39, 0.29) is 6.61 Å². The topological polar surface area (TPSA) is 48.1 Å². The summed E-state index contributed by atoms with van der Waals surface area (Å²) in [5, 5.41) is 0. The number of alkyl halides is 3. The monoisotopic (exact) mass is 220 g/mol. The molecule has 0 aliphatic heterocycles. The van der Waals surface area contributed by atoms with Gasteiger partial charge in [-0.2, -0.15) is 13.2 Å². The average molecular weight is 220 g/mol. The molecule has 0 saturated heterocycles. The summed E-state index contributed by atoms with van der Waals surface area (Å²) < 4.78 is 39.5. The molecule has 0 aromatic carbocycles. The van der Waals surface area contributed by atoms with Gasteiger partial charge in [0.25, 0.3) is 0 Å². The highest BCUT2D eigenvalue weighted by Crippen LogP contribution is 2.15. The fourth-order valence-electron chi connectivity index (χ4n) is 1.02. The van der Waals surface area contributed by atoms with Crippen molar-refractivity contribution in [2.45, 2.75) is 12.6 Å². The van der Waals surface area contributed by atoms with Crippen molar-refractivity contribution in [2.24, 2.45) is 0 Å². The van der Waals surface area contributed by atoms with Gasteiger partial charge in [0.15, 0.2) is 0 Å². The van der Waals surface area contributed by atoms with E-state index < -0.39 is 12.8 Å². The molecule has 2 N–H and O–H groups in total. The van der Waals surface area contributed by atoms with Crippen molar-refractivity contribution in [2.75, 3.05) is 18.9 Å². The van der Waals surface area contributed by atoms with Crippen LogP contribution in [0.15, 0.2) is 18.5 Å². The van der Waals surface area contributed by atoms with Crippen molar-refractivity contribution in [3.8, 4) is 0 Å². The number of anilines is 1. The lowest BCUT2D eigenvalue weighted by atomic mass is 10.2. The molecule has 0 atom stereocenters. The van der Waals surface area contributed by atoms with E-state index in [9.17, 15) is 13.2 Å². The lowest BCUT2D eigenvalue weighted by Crippen LogP contribution is -2.18. The van der Waals surface area contributed by atoms with Crippen LogP contribution in [0.4, 0.5) is 18.9 Å². The maximum Gasteiger partial charge on any atom is 0.411 e. The number of rotatable bonds is 4. The Labute approximate surface area is 85.1 Å². The van der Waals surface area contributed by atoms with Crippen LogP contribution >= 0.6 is 0 Å². The summed E-state index contributed by atoms with van der Waals surface area (Å²) in [6.45, 7) is -1.25. The summed E-state index contributed by atoms with van der Waals surface area (Å²) in [5.74, 6) is 0. The van der Waals surface area contributed by atoms with E-state index in [1.807, 2.05) is 0 Å². The highest BCUT2D eigenvalue weighted by Gasteiger charge is 2.27. The standard InChI is InChI=1S/C9H11F3N2O/c10-9(11,12)6-15-4-2-7-5-14-3-1-8(7)13/h1,3,5H,2,4,6H2,(H2,13,14). The first-order valence-electron chi connectivity index (χ1n) is 4.32. The lowest BCUT2D eigenvalue weighted by molar-refractivity contribution is -0.173. The predicted molar refractivity (Wildman–Crippen MR) is 49.2 cm³/mol. The number of hydrogen-bond donors (Lipinski definition) is 1. The first-order chi connectivity index (χ1) is 6.99. The third-order valence-electron chi connectivity index (χ3n) is 1.72. The van der Waals surface area contributed by atoms with Gasteiger partial charge in [0, 0.05) is 18.1 Å². The minimum Gasteiger partial charge on any atom is -0.398 e. The summed E-state index contributed by atoms with van der Waals surface area (Å²) in [6.07, 6.45) is -0.905. The van der Waals surface area contributed by atoms with E-state index in [0.29, 0.717) is 17.7 Å². The van der Waals surface area contributed by atoms with Crippen LogP contribution in [-0.2, 0) is 11.2 Å². The fraction of sp³-hybridized carbons (Fsp3) is 0.444. The van der Waals surface area contributed by atoms with Crippen molar-refractivity contribution >= 4 is 5.69 Å². The number of pyridine rings is 1. The Morgan fingerprint density at radius 1 is 1.40 bits per heavy atom. The Morgan fingerprint density at radius 2 is 2.13 bits per heavy atom. The maximum atomic E-state index is 11.7. The van der Waals surface area contributed by atoms with E-state index in [1.54, 1.807) is 6.07 Å². The van der Waals surface area contributed by atoms with Crippen molar-refractivity contribution in [1.82, 2.24) is 4.98 Å². The van der Waals surface area contributed by atoms with Gasteiger partial charge < -0.3 is 10.5 Å². The molecule has 0 radical (unpaired) electrons. The molecule has 1 aromatic rings. The van der Waals surface area contributed by atoms with Gasteiger partial charge in [-0.25, -0.2) is 0 Å². The minimum atomic E-state index is -4.28. The number of aromatic nitrogens is 1. The Kier molecular flexibility index (Phi) is 3.90. The van der Waals surface area contributed by atoms with Gasteiger partial charge in [0.1, 0.15) is 6.61 Å². The molecule has 0 amide bonds. The quantitative estimate of drug-likeness (QED) is 0.787. The van der Waals surface area contributed by atoms with Crippen LogP contribution in [0, 0.1) is 0 Å². The zero-order valence-electron chi connectivity index (χ0n) is 7.92. The largest absolute Gasteiger partial charge is 0.411 e. The number of halogens is 3. The number of nitrogens with two attached hydrogens (primary N) is 1. The number of nitrogen functional groups attached to an aromatic ring is 1. The average Bonchev–Trinajstić information content (AvgIpc) is 2.13. The van der Waals surface area contributed by atoms with Gasteiger partial charge >= 0.3 is 6.18 Å². The first kappa shape index (κ1) is 11.8. The van der Waals surface area contributed by atoms with Crippen LogP contribution in [-0.4, -0.2) is 24.4 Å². The first-order valence-corrected chi connectivity index (χ1v) is 4.32. The molecular weight excluding hydrogens is 209 g/mol. The fourth-order valence-corrected chi connectivity index (χ4v) is 1.02. The van der Waals surface area contributed by atoms with Gasteiger partial charge in [-0.1, -0.05) is 0 Å². The summed E-state index contributed by atoms with van der Waals surface area (Å²) in [7, 11) is 0. The molecule has 1 heterocycles. The van der Waals surface area contributed by atoms with Crippen molar-refractivity contribution in [1.29, 1.82) is 0 Å². The molecule has 3 nitrogen and oxygen atoms in total. The van der Waals surface area contributed by atoms with Crippen molar-refractivity contribution in [3.63, 3.8) is 0 Å². The Hall–Kier alpha value is -1.30. The molecule has 0 spiro atoms. The zero-order valence-corrected chi connectivity index (χ0v) is 7.92. The molecule has 0 unspecified atom stereocenters. The van der Waals surface area contributed by atoms with Gasteiger partial charge in [-0.15, -0.1) is 0 Å². The normalized spacial score (nSPS) is 11.7. The molecule has 0 aliphatic carbocycles. The molecule has 6 heteroatoms. The molecule has 0 bridgehead atoms. The van der Waals surface area contributed by atoms with Crippen LogP contribution in [0.1, 0.15) is 5.56 Å². The number of nitrogens with zero attached hydrogens (tertiary/aromatic N) is 1. The predicted octanol–water partition coefficient (Wildman–Crippen LogP) is 1.79. The van der Waals surface area contributed by atoms with E-state index >= 15 is 0 Å². The molecule has 84 valence electrons. The Bertz CT molecular complexity index is 314. The van der Waals surface area contributed by atoms with Crippen LogP contribution in [0.5, 0.6) is 0 Å². The zero-order chi connectivity index (χ0) is 11.3. The van der Waals surface area contributed by atoms with E-state index in [2.05, 4.69) is 9.72 Å². The molecule has 1 rings (SSSR count). The van der Waals surface area contributed by atoms with Crippen LogP contribution in [0.3, 0.4) is 0 Å². The molecular formula is C9H11F3N2O. The second kappa shape index (κ2) is 4.97. The van der Waals surface area contributed by atoms with Crippen LogP contribution < -0.4 is 5.73 Å². The van der Waals surface area contributed by atoms with Crippen molar-refractivity contribution in [3.05, 3.63) is 24.0 Å². The number of hydrogen-bond acceptors (Lipinski definition) is 3. The van der Waals surface area contributed by atoms with Gasteiger partial charge in [0.2, 0.25) is 0 Å². The van der Waals surface area contributed by atoms with Gasteiger partial charge in [-0.3, -0.25) is 4.98 Å². The SMILES string of the molecule is Nc1ccncc1CCOCC(F)(F)F. The van der Waals surface area contributed by atoms with Crippen LogP contribution in [0.2, 0.25) is 0 Å². The summed E-state index contributed by atoms with van der Waals surface area (Å²) in [4.78, 5) is 3.82. The van der Waals surface area contributed by atoms with E-state index in [0.717, 1.165) is 0 Å². The molecule has 15 heavy (non-hydrogen) atoms. The molecule has 0 saturated carbocycles. The highest BCUT2D eigenvalue weighted by molar-refractivity contribution is 5.44. The number of ether oxygens (including phenoxy) is 1. The molecule has 0 aliphatic rings. The van der Waals surface area contributed by atoms with Gasteiger partial charge in [0.05, 0.1) is 6.61 Å². The van der Waals surface area contributed by atoms with E-state index in [4.69, 9.17) is 5.73 Å². The Morgan fingerprint density at radius 3 is 2.73 bits per heavy atom. The second-order valence-corrected chi connectivity index (χ2v) is 2.99. The minimum absolute atomic E-state index is 0.0184. The van der Waals surface area contributed by atoms with Gasteiger partial charge in [-0.05, 0) is 18.1 Å². The summed E-state index contributed by atoms with van der Waals surface area (Å²) in [6, 6.07) is 1.60. The van der Waals surface area contributed by atoms with Crippen LogP contribution in [0.25, 0.3) is 0 Å². The smallest absolute Gasteiger partial charge is 0.398 e. The molecule has 1 aromatic heterocycles.